The Hall–Kier alpha value is -7.94. The van der Waals surface area contributed by atoms with Gasteiger partial charge in [-0.1, -0.05) is 158 Å². The molecule has 1 aliphatic carbocycles. The van der Waals surface area contributed by atoms with Crippen LogP contribution in [0.2, 0.25) is 0 Å². The van der Waals surface area contributed by atoms with Crippen LogP contribution in [-0.4, -0.2) is 0 Å². The van der Waals surface area contributed by atoms with E-state index in [9.17, 15) is 0 Å². The fraction of sp³-hybridized carbons (Fsp3) is 0.0169. The Kier molecular flexibility index (Phi) is 7.40. The highest BCUT2D eigenvalue weighted by Gasteiger charge is 2.23. The molecule has 0 saturated carbocycles. The molecule has 0 unspecified atom stereocenters. The van der Waals surface area contributed by atoms with Crippen molar-refractivity contribution in [2.75, 3.05) is 4.90 Å². The zero-order valence-corrected chi connectivity index (χ0v) is 33.3. The third kappa shape index (κ3) is 5.43. The van der Waals surface area contributed by atoms with Gasteiger partial charge < -0.3 is 9.32 Å². The minimum atomic E-state index is 0.855. The number of nitrogens with zero attached hydrogens (tertiary/aromatic N) is 1. The zero-order chi connectivity index (χ0) is 40.0. The van der Waals surface area contributed by atoms with Crippen LogP contribution < -0.4 is 4.90 Å². The van der Waals surface area contributed by atoms with Crippen molar-refractivity contribution in [3.8, 4) is 11.1 Å². The van der Waals surface area contributed by atoms with Crippen molar-refractivity contribution < 1.29 is 4.42 Å². The van der Waals surface area contributed by atoms with Crippen molar-refractivity contribution in [3.63, 3.8) is 0 Å². The highest BCUT2D eigenvalue weighted by atomic mass is 16.3. The van der Waals surface area contributed by atoms with Crippen molar-refractivity contribution >= 4 is 105 Å². The molecule has 11 aromatic carbocycles. The van der Waals surface area contributed by atoms with Gasteiger partial charge in [0.05, 0.1) is 0 Å². The number of fused-ring (bicyclic) bond motifs is 14. The first-order valence-electron chi connectivity index (χ1n) is 21.1. The summed E-state index contributed by atoms with van der Waals surface area (Å²) >= 11 is 0. The average Bonchev–Trinajstić information content (AvgIpc) is 3.70. The number of hydrogen-bond acceptors (Lipinski definition) is 2. The van der Waals surface area contributed by atoms with Crippen LogP contribution in [0, 0.1) is 0 Å². The summed E-state index contributed by atoms with van der Waals surface area (Å²) in [6.07, 6.45) is 3.21. The molecule has 2 nitrogen and oxygen atoms in total. The lowest BCUT2D eigenvalue weighted by molar-refractivity contribution is 0.669. The summed E-state index contributed by atoms with van der Waals surface area (Å²) in [4.78, 5) is 2.43. The van der Waals surface area contributed by atoms with Gasteiger partial charge in [-0.3, -0.25) is 0 Å². The Labute approximate surface area is 352 Å². The maximum Gasteiger partial charge on any atom is 0.136 e. The number of benzene rings is 11. The lowest BCUT2D eigenvalue weighted by Gasteiger charge is -2.29. The molecule has 0 atom stereocenters. The second-order valence-electron chi connectivity index (χ2n) is 16.5. The van der Waals surface area contributed by atoms with Crippen LogP contribution in [0.1, 0.15) is 16.7 Å². The minimum absolute atomic E-state index is 0.855. The van der Waals surface area contributed by atoms with Crippen LogP contribution >= 0.6 is 0 Å². The first kappa shape index (κ1) is 34.0. The maximum atomic E-state index is 6.50. The molecule has 284 valence electrons. The minimum Gasteiger partial charge on any atom is -0.456 e. The second kappa shape index (κ2) is 13.3. The van der Waals surface area contributed by atoms with E-state index in [1.807, 2.05) is 0 Å². The van der Waals surface area contributed by atoms with Crippen molar-refractivity contribution in [1.82, 2.24) is 0 Å². The second-order valence-corrected chi connectivity index (χ2v) is 16.5. The molecular weight excluding hydrogens is 739 g/mol. The number of allylic oxidation sites excluding steroid dienone is 1. The molecule has 2 heteroatoms. The van der Waals surface area contributed by atoms with Gasteiger partial charge in [-0.25, -0.2) is 0 Å². The number of rotatable bonds is 4. The van der Waals surface area contributed by atoms with Crippen molar-refractivity contribution in [2.45, 2.75) is 6.42 Å². The lowest BCUT2D eigenvalue weighted by Crippen LogP contribution is -2.11. The fourth-order valence-electron chi connectivity index (χ4n) is 10.1. The van der Waals surface area contributed by atoms with E-state index in [4.69, 9.17) is 4.42 Å². The Morgan fingerprint density at radius 2 is 0.951 bits per heavy atom. The quantitative estimate of drug-likeness (QED) is 0.166. The van der Waals surface area contributed by atoms with Crippen LogP contribution in [0.3, 0.4) is 0 Å². The fourth-order valence-corrected chi connectivity index (χ4v) is 10.1. The highest BCUT2D eigenvalue weighted by Crippen LogP contribution is 2.46. The molecule has 0 saturated heterocycles. The van der Waals surface area contributed by atoms with Crippen LogP contribution in [0.5, 0.6) is 0 Å². The van der Waals surface area contributed by atoms with Gasteiger partial charge in [-0.05, 0) is 148 Å². The molecule has 0 bridgehead atoms. The summed E-state index contributed by atoms with van der Waals surface area (Å²) in [6.45, 7) is 0. The lowest BCUT2D eigenvalue weighted by atomic mass is 9.81. The molecule has 1 aliphatic rings. The van der Waals surface area contributed by atoms with Gasteiger partial charge in [0, 0.05) is 27.8 Å². The average molecular weight is 776 g/mol. The monoisotopic (exact) mass is 775 g/mol. The standard InChI is InChI=1S/C59H37NO/c1-2-12-41-34-45(22-18-38(41)9-1)60(46-23-28-50-43(35-46)20-27-53-48-14-6-3-10-39(48)19-26-54(50)53)47-24-29-51-44(33-42-13-5-7-15-49(42)56(51)36-47)31-37-17-25-55-58(32-37)61-57-30-21-40-11-4-8-16-52(40)59(55)57/h1-32,34-36H,33H2/b44-31-. The van der Waals surface area contributed by atoms with E-state index in [0.29, 0.717) is 0 Å². The summed E-state index contributed by atoms with van der Waals surface area (Å²) < 4.78 is 6.50. The zero-order valence-electron chi connectivity index (χ0n) is 33.3. The number of hydrogen-bond donors (Lipinski definition) is 0. The van der Waals surface area contributed by atoms with Crippen molar-refractivity contribution in [3.05, 3.63) is 223 Å². The Morgan fingerprint density at radius 3 is 1.82 bits per heavy atom. The summed E-state index contributed by atoms with van der Waals surface area (Å²) in [5.41, 5.74) is 12.7. The Bertz CT molecular complexity index is 3810. The van der Waals surface area contributed by atoms with Gasteiger partial charge in [-0.15, -0.1) is 0 Å². The molecule has 1 aromatic heterocycles. The summed E-state index contributed by atoms with van der Waals surface area (Å²) in [5, 5.41) is 14.8. The predicted molar refractivity (Wildman–Crippen MR) is 259 cm³/mol. The van der Waals surface area contributed by atoms with Gasteiger partial charge in [0.1, 0.15) is 11.2 Å². The smallest absolute Gasteiger partial charge is 0.136 e. The molecule has 0 N–H and O–H groups in total. The van der Waals surface area contributed by atoms with E-state index < -0.39 is 0 Å². The SMILES string of the molecule is C(=C1\Cc2ccccc2-c2cc(N(c3ccc4ccccc4c3)c3ccc4c(ccc5c6ccccc6ccc45)c3)ccc21)/c1ccc2c(c1)oc1ccc3ccccc3c12. The molecular formula is C59H37NO. The van der Waals surface area contributed by atoms with Crippen molar-refractivity contribution in [1.29, 1.82) is 0 Å². The molecule has 0 fully saturated rings. The first-order valence-corrected chi connectivity index (χ1v) is 21.1. The van der Waals surface area contributed by atoms with E-state index in [1.54, 1.807) is 0 Å². The van der Waals surface area contributed by atoms with Crippen LogP contribution in [0.4, 0.5) is 17.1 Å². The van der Waals surface area contributed by atoms with Gasteiger partial charge in [0.15, 0.2) is 0 Å². The normalized spacial score (nSPS) is 13.2. The van der Waals surface area contributed by atoms with E-state index in [2.05, 4.69) is 217 Å². The van der Waals surface area contributed by atoms with Gasteiger partial charge in [-0.2, -0.15) is 0 Å². The molecule has 1 heterocycles. The van der Waals surface area contributed by atoms with E-state index >= 15 is 0 Å². The molecule has 0 spiro atoms. The van der Waals surface area contributed by atoms with Crippen LogP contribution in [0.15, 0.2) is 211 Å². The van der Waals surface area contributed by atoms with E-state index in [1.165, 1.54) is 87.1 Å². The van der Waals surface area contributed by atoms with Crippen LogP contribution in [0.25, 0.3) is 98.6 Å². The number of furan rings is 1. The predicted octanol–water partition coefficient (Wildman–Crippen LogP) is 16.6. The summed E-state index contributed by atoms with van der Waals surface area (Å²) in [5.74, 6) is 0. The number of anilines is 3. The molecule has 13 rings (SSSR count). The Balaban J connectivity index is 0.966. The van der Waals surface area contributed by atoms with Gasteiger partial charge in [0.2, 0.25) is 0 Å². The van der Waals surface area contributed by atoms with Gasteiger partial charge in [0.25, 0.3) is 0 Å². The Morgan fingerprint density at radius 1 is 0.361 bits per heavy atom. The third-order valence-electron chi connectivity index (χ3n) is 13.0. The molecule has 12 aromatic rings. The highest BCUT2D eigenvalue weighted by molar-refractivity contribution is 6.19. The van der Waals surface area contributed by atoms with Gasteiger partial charge >= 0.3 is 0 Å². The largest absolute Gasteiger partial charge is 0.456 e. The molecule has 0 amide bonds. The molecule has 0 aliphatic heterocycles. The topological polar surface area (TPSA) is 16.4 Å². The molecule has 0 radical (unpaired) electrons. The van der Waals surface area contributed by atoms with Crippen LogP contribution in [-0.2, 0) is 6.42 Å². The summed E-state index contributed by atoms with van der Waals surface area (Å²) in [6, 6.07) is 75.6. The molecule has 61 heavy (non-hydrogen) atoms. The third-order valence-corrected chi connectivity index (χ3v) is 13.0. The van der Waals surface area contributed by atoms with Crippen molar-refractivity contribution in [2.24, 2.45) is 0 Å². The first-order chi connectivity index (χ1) is 30.2. The maximum absolute atomic E-state index is 6.50. The summed E-state index contributed by atoms with van der Waals surface area (Å²) in [7, 11) is 0. The van der Waals surface area contributed by atoms with E-state index in [-0.39, 0.29) is 0 Å². The van der Waals surface area contributed by atoms with E-state index in [0.717, 1.165) is 45.6 Å².